The second-order valence-corrected chi connectivity index (χ2v) is 6.31. The van der Waals surface area contributed by atoms with Gasteiger partial charge in [0, 0.05) is 14.1 Å². The van der Waals surface area contributed by atoms with Crippen molar-refractivity contribution in [2.75, 3.05) is 14.1 Å². The van der Waals surface area contributed by atoms with Crippen LogP contribution >= 0.6 is 0 Å². The molecular weight excluding hydrogens is 297 g/mol. The Morgan fingerprint density at radius 2 is 1.65 bits per heavy atom. The van der Waals surface area contributed by atoms with Gasteiger partial charge in [-0.15, -0.1) is 0 Å². The predicted molar refractivity (Wildman–Crippen MR) is 88.4 cm³/mol. The van der Waals surface area contributed by atoms with E-state index < -0.39 is 12.1 Å². The largest absolute Gasteiger partial charge is 0.347 e. The maximum atomic E-state index is 12.9. The highest BCUT2D eigenvalue weighted by Crippen LogP contribution is 2.13. The molecule has 0 fully saturated rings. The SMILES string of the molecule is CC(C)C[C@H](NC(=O)N[C@@H](C)c1ccc(F)cc1)C(=O)N(C)C. The first-order valence-corrected chi connectivity index (χ1v) is 7.74. The lowest BCUT2D eigenvalue weighted by atomic mass is 10.0. The summed E-state index contributed by atoms with van der Waals surface area (Å²) in [4.78, 5) is 25.8. The van der Waals surface area contributed by atoms with Crippen LogP contribution in [0.2, 0.25) is 0 Å². The number of hydrogen-bond donors (Lipinski definition) is 2. The summed E-state index contributed by atoms with van der Waals surface area (Å²) in [6, 6.07) is 4.68. The second kappa shape index (κ2) is 8.50. The van der Waals surface area contributed by atoms with Crippen molar-refractivity contribution in [3.05, 3.63) is 35.6 Å². The monoisotopic (exact) mass is 323 g/mol. The van der Waals surface area contributed by atoms with Gasteiger partial charge in [-0.1, -0.05) is 26.0 Å². The van der Waals surface area contributed by atoms with Crippen molar-refractivity contribution < 1.29 is 14.0 Å². The first kappa shape index (κ1) is 18.9. The first-order chi connectivity index (χ1) is 10.7. The van der Waals surface area contributed by atoms with Crippen molar-refractivity contribution in [3.8, 4) is 0 Å². The zero-order valence-corrected chi connectivity index (χ0v) is 14.4. The van der Waals surface area contributed by atoms with Crippen LogP contribution in [-0.4, -0.2) is 37.0 Å². The van der Waals surface area contributed by atoms with Gasteiger partial charge in [-0.2, -0.15) is 0 Å². The lowest BCUT2D eigenvalue weighted by molar-refractivity contribution is -0.131. The number of halogens is 1. The van der Waals surface area contributed by atoms with Crippen LogP contribution in [0, 0.1) is 11.7 Å². The molecule has 128 valence electrons. The van der Waals surface area contributed by atoms with Gasteiger partial charge < -0.3 is 15.5 Å². The Bertz CT molecular complexity index is 529. The maximum absolute atomic E-state index is 12.9. The Morgan fingerprint density at radius 1 is 1.09 bits per heavy atom. The molecule has 0 saturated carbocycles. The lowest BCUT2D eigenvalue weighted by Crippen LogP contribution is -2.50. The molecule has 2 atom stereocenters. The number of likely N-dealkylation sites (N-methyl/N-ethyl adjacent to an activating group) is 1. The van der Waals surface area contributed by atoms with Crippen LogP contribution in [0.1, 0.15) is 38.8 Å². The molecule has 0 aromatic heterocycles. The average molecular weight is 323 g/mol. The van der Waals surface area contributed by atoms with Crippen LogP contribution in [0.15, 0.2) is 24.3 Å². The van der Waals surface area contributed by atoms with Crippen molar-refractivity contribution in [1.29, 1.82) is 0 Å². The van der Waals surface area contributed by atoms with Crippen LogP contribution in [0.25, 0.3) is 0 Å². The highest BCUT2D eigenvalue weighted by Gasteiger charge is 2.23. The van der Waals surface area contributed by atoms with Crippen molar-refractivity contribution >= 4 is 11.9 Å². The zero-order chi connectivity index (χ0) is 17.6. The van der Waals surface area contributed by atoms with E-state index in [-0.39, 0.29) is 23.7 Å². The molecule has 1 rings (SSSR count). The summed E-state index contributed by atoms with van der Waals surface area (Å²) in [6.45, 7) is 5.80. The van der Waals surface area contributed by atoms with E-state index >= 15 is 0 Å². The van der Waals surface area contributed by atoms with E-state index in [1.54, 1.807) is 33.2 Å². The molecule has 1 aromatic rings. The molecule has 5 nitrogen and oxygen atoms in total. The smallest absolute Gasteiger partial charge is 0.315 e. The summed E-state index contributed by atoms with van der Waals surface area (Å²) in [5, 5.41) is 5.50. The highest BCUT2D eigenvalue weighted by molar-refractivity contribution is 5.86. The number of nitrogens with zero attached hydrogens (tertiary/aromatic N) is 1. The fourth-order valence-corrected chi connectivity index (χ4v) is 2.24. The molecule has 6 heteroatoms. The predicted octanol–water partition coefficient (Wildman–Crippen LogP) is 2.69. The summed E-state index contributed by atoms with van der Waals surface area (Å²) in [7, 11) is 3.33. The summed E-state index contributed by atoms with van der Waals surface area (Å²) in [5.41, 5.74) is 0.792. The van der Waals surface area contributed by atoms with Crippen molar-refractivity contribution in [3.63, 3.8) is 0 Å². The average Bonchev–Trinajstić information content (AvgIpc) is 2.45. The van der Waals surface area contributed by atoms with E-state index in [2.05, 4.69) is 10.6 Å². The van der Waals surface area contributed by atoms with Crippen LogP contribution in [0.4, 0.5) is 9.18 Å². The quantitative estimate of drug-likeness (QED) is 0.845. The van der Waals surface area contributed by atoms with Crippen molar-refractivity contribution in [2.24, 2.45) is 5.92 Å². The Balaban J connectivity index is 2.67. The Kier molecular flexibility index (Phi) is 7.00. The number of hydrogen-bond acceptors (Lipinski definition) is 2. The summed E-state index contributed by atoms with van der Waals surface area (Å²) < 4.78 is 12.9. The normalized spacial score (nSPS) is 13.3. The second-order valence-electron chi connectivity index (χ2n) is 6.31. The molecule has 3 amide bonds. The van der Waals surface area contributed by atoms with Crippen LogP contribution in [0.3, 0.4) is 0 Å². The zero-order valence-electron chi connectivity index (χ0n) is 14.4. The van der Waals surface area contributed by atoms with E-state index in [0.717, 1.165) is 5.56 Å². The molecule has 0 spiro atoms. The van der Waals surface area contributed by atoms with Crippen molar-refractivity contribution in [1.82, 2.24) is 15.5 Å². The molecule has 0 aliphatic carbocycles. The minimum absolute atomic E-state index is 0.136. The van der Waals surface area contributed by atoms with Gasteiger partial charge in [-0.3, -0.25) is 4.79 Å². The van der Waals surface area contributed by atoms with E-state index in [1.807, 2.05) is 13.8 Å². The number of amides is 3. The Labute approximate surface area is 137 Å². The molecule has 1 aromatic carbocycles. The molecule has 0 heterocycles. The van der Waals surface area contributed by atoms with Gasteiger partial charge in [-0.05, 0) is 37.0 Å². The number of benzene rings is 1. The van der Waals surface area contributed by atoms with E-state index in [0.29, 0.717) is 6.42 Å². The maximum Gasteiger partial charge on any atom is 0.315 e. The molecule has 0 unspecified atom stereocenters. The van der Waals surface area contributed by atoms with Crippen LogP contribution in [-0.2, 0) is 4.79 Å². The third kappa shape index (κ3) is 6.26. The minimum atomic E-state index is -0.564. The van der Waals surface area contributed by atoms with Gasteiger partial charge in [0.1, 0.15) is 11.9 Å². The number of rotatable bonds is 6. The van der Waals surface area contributed by atoms with E-state index in [4.69, 9.17) is 0 Å². The molecule has 0 radical (unpaired) electrons. The van der Waals surface area contributed by atoms with Gasteiger partial charge in [0.05, 0.1) is 6.04 Å². The fraction of sp³-hybridized carbons (Fsp3) is 0.529. The third-order valence-electron chi connectivity index (χ3n) is 3.47. The molecule has 23 heavy (non-hydrogen) atoms. The first-order valence-electron chi connectivity index (χ1n) is 7.74. The lowest BCUT2D eigenvalue weighted by Gasteiger charge is -2.24. The van der Waals surface area contributed by atoms with E-state index in [9.17, 15) is 14.0 Å². The molecule has 0 saturated heterocycles. The fourth-order valence-electron chi connectivity index (χ4n) is 2.24. The molecule has 2 N–H and O–H groups in total. The van der Waals surface area contributed by atoms with Gasteiger partial charge in [-0.25, -0.2) is 9.18 Å². The Morgan fingerprint density at radius 3 is 2.13 bits per heavy atom. The van der Waals surface area contributed by atoms with Gasteiger partial charge in [0.15, 0.2) is 0 Å². The highest BCUT2D eigenvalue weighted by atomic mass is 19.1. The van der Waals surface area contributed by atoms with Gasteiger partial charge in [0.2, 0.25) is 5.91 Å². The number of urea groups is 1. The summed E-state index contributed by atoms with van der Waals surface area (Å²) in [6.07, 6.45) is 0.565. The number of carbonyl (C=O) groups excluding carboxylic acids is 2. The van der Waals surface area contributed by atoms with Crippen LogP contribution < -0.4 is 10.6 Å². The third-order valence-corrected chi connectivity index (χ3v) is 3.47. The Hall–Kier alpha value is -2.11. The topological polar surface area (TPSA) is 61.4 Å². The van der Waals surface area contributed by atoms with E-state index in [1.165, 1.54) is 17.0 Å². The summed E-state index contributed by atoms with van der Waals surface area (Å²) >= 11 is 0. The van der Waals surface area contributed by atoms with Crippen molar-refractivity contribution in [2.45, 2.75) is 39.3 Å². The minimum Gasteiger partial charge on any atom is -0.347 e. The van der Waals surface area contributed by atoms with Gasteiger partial charge in [0.25, 0.3) is 0 Å². The molecular formula is C17H26FN3O2. The molecule has 0 bridgehead atoms. The number of nitrogens with one attached hydrogen (secondary N) is 2. The van der Waals surface area contributed by atoms with Gasteiger partial charge >= 0.3 is 6.03 Å². The molecule has 0 aliphatic heterocycles. The summed E-state index contributed by atoms with van der Waals surface area (Å²) in [5.74, 6) is -0.180. The van der Waals surface area contributed by atoms with Crippen LogP contribution in [0.5, 0.6) is 0 Å². The number of carbonyl (C=O) groups is 2. The molecule has 0 aliphatic rings. The standard InChI is InChI=1S/C17H26FN3O2/c1-11(2)10-15(16(22)21(4)5)20-17(23)19-12(3)13-6-8-14(18)9-7-13/h6-9,11-12,15H,10H2,1-5H3,(H2,19,20,23)/t12-,15-/m0/s1.